The summed E-state index contributed by atoms with van der Waals surface area (Å²) in [7, 11) is 0. The molecular formula is C19H21ClN6O. The first kappa shape index (κ1) is 17.7. The second kappa shape index (κ2) is 6.81. The summed E-state index contributed by atoms with van der Waals surface area (Å²) in [5.41, 5.74) is 2.52. The Labute approximate surface area is 162 Å². The molecule has 1 N–H and O–H groups in total. The summed E-state index contributed by atoms with van der Waals surface area (Å²) in [4.78, 5) is 32.7. The minimum Gasteiger partial charge on any atom is -0.345 e. The van der Waals surface area contributed by atoms with E-state index in [1.54, 1.807) is 19.3 Å². The average Bonchev–Trinajstić information content (AvgIpc) is 3.04. The third-order valence-electron chi connectivity index (χ3n) is 4.98. The number of carbonyl (C=O) groups excluding carboxylic acids is 1. The van der Waals surface area contributed by atoms with Crippen molar-refractivity contribution >= 4 is 34.5 Å². The van der Waals surface area contributed by atoms with Crippen LogP contribution in [0, 0.1) is 0 Å². The van der Waals surface area contributed by atoms with E-state index in [2.05, 4.69) is 33.7 Å². The van der Waals surface area contributed by atoms with Crippen LogP contribution in [0.3, 0.4) is 0 Å². The van der Waals surface area contributed by atoms with E-state index in [1.807, 2.05) is 23.2 Å². The summed E-state index contributed by atoms with van der Waals surface area (Å²) in [5.74, 6) is 0.770. The third-order valence-corrected chi connectivity index (χ3v) is 5.19. The maximum Gasteiger partial charge on any atom is 0.225 e. The van der Waals surface area contributed by atoms with Gasteiger partial charge in [0.1, 0.15) is 5.65 Å². The fourth-order valence-electron chi connectivity index (χ4n) is 3.95. The number of pyridine rings is 1. The van der Waals surface area contributed by atoms with Gasteiger partial charge in [0, 0.05) is 61.6 Å². The highest BCUT2D eigenvalue weighted by Gasteiger charge is 2.32. The number of H-pyrrole nitrogens is 1. The summed E-state index contributed by atoms with van der Waals surface area (Å²) >= 11 is 6.11. The molecule has 1 fully saturated rings. The molecular weight excluding hydrogens is 364 g/mol. The summed E-state index contributed by atoms with van der Waals surface area (Å²) in [6.45, 7) is 7.14. The van der Waals surface area contributed by atoms with Gasteiger partial charge in [-0.2, -0.15) is 0 Å². The molecule has 0 spiro atoms. The largest absolute Gasteiger partial charge is 0.345 e. The number of hydrogen-bond acceptors (Lipinski definition) is 5. The molecule has 140 valence electrons. The normalized spacial score (nSPS) is 20.3. The van der Waals surface area contributed by atoms with Gasteiger partial charge in [-0.1, -0.05) is 11.6 Å². The molecule has 1 aliphatic heterocycles. The number of hydrogen-bond donors (Lipinski definition) is 1. The van der Waals surface area contributed by atoms with Gasteiger partial charge < -0.3 is 14.8 Å². The zero-order valence-electron chi connectivity index (χ0n) is 15.5. The first-order valence-corrected chi connectivity index (χ1v) is 9.31. The van der Waals surface area contributed by atoms with Crippen LogP contribution in [0.2, 0.25) is 5.02 Å². The van der Waals surface area contributed by atoms with E-state index in [1.165, 1.54) is 0 Å². The van der Waals surface area contributed by atoms with Crippen LogP contribution >= 0.6 is 11.6 Å². The van der Waals surface area contributed by atoms with E-state index in [9.17, 15) is 4.79 Å². The predicted molar refractivity (Wildman–Crippen MR) is 106 cm³/mol. The second-order valence-corrected chi connectivity index (χ2v) is 7.46. The van der Waals surface area contributed by atoms with Crippen molar-refractivity contribution in [3.8, 4) is 11.3 Å². The SMILES string of the molecule is CC(=O)N1[C@H](C)CN(c2nccc(-c3c[nH]c4ncc(Cl)cc34)n2)C[C@@H]1C. The van der Waals surface area contributed by atoms with Crippen molar-refractivity contribution in [3.63, 3.8) is 0 Å². The van der Waals surface area contributed by atoms with E-state index in [0.717, 1.165) is 22.3 Å². The van der Waals surface area contributed by atoms with Gasteiger partial charge in [-0.25, -0.2) is 15.0 Å². The van der Waals surface area contributed by atoms with Gasteiger partial charge in [0.05, 0.1) is 10.7 Å². The van der Waals surface area contributed by atoms with Gasteiger partial charge in [-0.15, -0.1) is 0 Å². The van der Waals surface area contributed by atoms with Crippen LogP contribution in [-0.4, -0.2) is 55.9 Å². The predicted octanol–water partition coefficient (Wildman–Crippen LogP) is 3.12. The minimum absolute atomic E-state index is 0.104. The van der Waals surface area contributed by atoms with Crippen molar-refractivity contribution in [2.24, 2.45) is 0 Å². The zero-order chi connectivity index (χ0) is 19.1. The van der Waals surface area contributed by atoms with Crippen molar-refractivity contribution in [1.82, 2.24) is 24.8 Å². The van der Waals surface area contributed by atoms with Gasteiger partial charge in [-0.3, -0.25) is 4.79 Å². The molecule has 0 radical (unpaired) electrons. The maximum absolute atomic E-state index is 11.9. The fourth-order valence-corrected chi connectivity index (χ4v) is 4.11. The Hall–Kier alpha value is -2.67. The van der Waals surface area contributed by atoms with Crippen LogP contribution in [-0.2, 0) is 4.79 Å². The third kappa shape index (κ3) is 3.23. The molecule has 1 aliphatic rings. The first-order valence-electron chi connectivity index (χ1n) is 8.94. The van der Waals surface area contributed by atoms with E-state index in [0.29, 0.717) is 24.1 Å². The molecule has 0 aliphatic carbocycles. The topological polar surface area (TPSA) is 78.0 Å². The molecule has 0 aromatic carbocycles. The average molecular weight is 385 g/mol. The first-order chi connectivity index (χ1) is 12.9. The fraction of sp³-hybridized carbons (Fsp3) is 0.368. The Morgan fingerprint density at radius 2 is 2.00 bits per heavy atom. The van der Waals surface area contributed by atoms with Crippen molar-refractivity contribution in [2.45, 2.75) is 32.9 Å². The molecule has 0 unspecified atom stereocenters. The molecule has 4 rings (SSSR count). The summed E-state index contributed by atoms with van der Waals surface area (Å²) in [6, 6.07) is 3.98. The Balaban J connectivity index is 1.67. The number of nitrogens with zero attached hydrogens (tertiary/aromatic N) is 5. The van der Waals surface area contributed by atoms with Crippen molar-refractivity contribution in [3.05, 3.63) is 35.7 Å². The molecule has 27 heavy (non-hydrogen) atoms. The molecule has 4 heterocycles. The van der Waals surface area contributed by atoms with E-state index < -0.39 is 0 Å². The van der Waals surface area contributed by atoms with Crippen LogP contribution in [0.4, 0.5) is 5.95 Å². The molecule has 1 saturated heterocycles. The molecule has 2 atom stereocenters. The van der Waals surface area contributed by atoms with Gasteiger partial charge in [-0.05, 0) is 26.0 Å². The number of amides is 1. The number of rotatable bonds is 2. The number of aromatic nitrogens is 4. The van der Waals surface area contributed by atoms with Gasteiger partial charge in [0.25, 0.3) is 0 Å². The zero-order valence-corrected chi connectivity index (χ0v) is 16.2. The number of carbonyl (C=O) groups is 1. The molecule has 1 amide bonds. The molecule has 3 aromatic rings. The summed E-state index contributed by atoms with van der Waals surface area (Å²) in [5, 5.41) is 1.51. The Morgan fingerprint density at radius 1 is 1.26 bits per heavy atom. The van der Waals surface area contributed by atoms with Crippen LogP contribution < -0.4 is 4.90 Å². The number of piperazine rings is 1. The standard InChI is InChI=1S/C19H21ClN6O/c1-11-9-25(10-12(2)26(11)13(3)27)19-21-5-4-17(24-19)16-8-23-18-15(16)6-14(20)7-22-18/h4-8,11-12H,9-10H2,1-3H3,(H,22,23)/t11-,12+. The number of nitrogens with one attached hydrogen (secondary N) is 1. The number of aromatic amines is 1. The lowest BCUT2D eigenvalue weighted by molar-refractivity contribution is -0.133. The summed E-state index contributed by atoms with van der Waals surface area (Å²) < 4.78 is 0. The lowest BCUT2D eigenvalue weighted by Gasteiger charge is -2.44. The molecule has 0 saturated carbocycles. The van der Waals surface area contributed by atoms with Crippen molar-refractivity contribution in [2.75, 3.05) is 18.0 Å². The monoisotopic (exact) mass is 384 g/mol. The highest BCUT2D eigenvalue weighted by Crippen LogP contribution is 2.29. The van der Waals surface area contributed by atoms with Gasteiger partial charge >= 0.3 is 0 Å². The van der Waals surface area contributed by atoms with E-state index >= 15 is 0 Å². The lowest BCUT2D eigenvalue weighted by atomic mass is 10.1. The van der Waals surface area contributed by atoms with Crippen LogP contribution in [0.1, 0.15) is 20.8 Å². The summed E-state index contributed by atoms with van der Waals surface area (Å²) in [6.07, 6.45) is 5.27. The van der Waals surface area contributed by atoms with E-state index in [4.69, 9.17) is 16.6 Å². The molecule has 8 heteroatoms. The Bertz CT molecular complexity index is 991. The number of fused-ring (bicyclic) bond motifs is 1. The molecule has 3 aromatic heterocycles. The highest BCUT2D eigenvalue weighted by molar-refractivity contribution is 6.31. The quantitative estimate of drug-likeness (QED) is 0.734. The Kier molecular flexibility index (Phi) is 4.47. The molecule has 0 bridgehead atoms. The van der Waals surface area contributed by atoms with Crippen molar-refractivity contribution < 1.29 is 4.79 Å². The van der Waals surface area contributed by atoms with E-state index in [-0.39, 0.29) is 18.0 Å². The maximum atomic E-state index is 11.9. The van der Waals surface area contributed by atoms with Crippen molar-refractivity contribution in [1.29, 1.82) is 0 Å². The number of anilines is 1. The van der Waals surface area contributed by atoms with Gasteiger partial charge in [0.15, 0.2) is 0 Å². The minimum atomic E-state index is 0.104. The van der Waals surface area contributed by atoms with Crippen LogP contribution in [0.25, 0.3) is 22.3 Å². The highest BCUT2D eigenvalue weighted by atomic mass is 35.5. The Morgan fingerprint density at radius 3 is 2.70 bits per heavy atom. The smallest absolute Gasteiger partial charge is 0.225 e. The van der Waals surface area contributed by atoms with Crippen LogP contribution in [0.15, 0.2) is 30.7 Å². The van der Waals surface area contributed by atoms with Gasteiger partial charge in [0.2, 0.25) is 11.9 Å². The molecule has 7 nitrogen and oxygen atoms in total. The number of halogens is 1. The van der Waals surface area contributed by atoms with Crippen LogP contribution in [0.5, 0.6) is 0 Å². The second-order valence-electron chi connectivity index (χ2n) is 7.02. The lowest BCUT2D eigenvalue weighted by Crippen LogP contribution is -2.58.